The van der Waals surface area contributed by atoms with Gasteiger partial charge in [-0.15, -0.1) is 0 Å². The molecule has 0 spiro atoms. The van der Waals surface area contributed by atoms with Gasteiger partial charge in [-0.2, -0.15) is 5.26 Å². The number of benzene rings is 1. The van der Waals surface area contributed by atoms with Crippen LogP contribution in [-0.2, 0) is 13.0 Å². The highest BCUT2D eigenvalue weighted by molar-refractivity contribution is 5.51. The van der Waals surface area contributed by atoms with Gasteiger partial charge in [0.25, 0.3) is 5.56 Å². The third-order valence-electron chi connectivity index (χ3n) is 6.38. The van der Waals surface area contributed by atoms with Crippen LogP contribution in [0.4, 0.5) is 27.8 Å². The van der Waals surface area contributed by atoms with E-state index in [0.717, 1.165) is 21.3 Å². The Morgan fingerprint density at radius 1 is 1.08 bits per heavy atom. The zero-order chi connectivity index (χ0) is 26.9. The molecule has 3 aromatic rings. The molecule has 0 N–H and O–H groups in total. The first-order chi connectivity index (χ1) is 17.6. The Morgan fingerprint density at radius 3 is 2.30 bits per heavy atom. The number of rotatable bonds is 6. The first-order valence-corrected chi connectivity index (χ1v) is 11.5. The molecule has 2 aromatic heterocycles. The van der Waals surface area contributed by atoms with Crippen LogP contribution in [0.3, 0.4) is 0 Å². The molecule has 1 fully saturated rings. The molecule has 0 amide bonds. The van der Waals surface area contributed by atoms with Crippen molar-refractivity contribution in [3.8, 4) is 11.8 Å². The van der Waals surface area contributed by atoms with E-state index in [-0.39, 0.29) is 48.6 Å². The van der Waals surface area contributed by atoms with Crippen LogP contribution in [0.15, 0.2) is 40.2 Å². The highest BCUT2D eigenvalue weighted by atomic mass is 19.3. The Morgan fingerprint density at radius 2 is 1.73 bits per heavy atom. The standard InChI is InChI=1S/C25H22F5N5O2/c1-14-8-17(13-32-12-14)35-24(36)18(9-15-10-19(26)21(28)20(27)11-15)23(34(7-4-31)25(35)37)33-5-2-16(3-6-33)22(29)30/h8,10-13,16,22H,2-3,5-7,9H2,1H3. The van der Waals surface area contributed by atoms with Crippen molar-refractivity contribution in [1.29, 1.82) is 5.26 Å². The molecule has 7 nitrogen and oxygen atoms in total. The molecular formula is C25H22F5N5O2. The van der Waals surface area contributed by atoms with E-state index in [1.165, 1.54) is 18.5 Å². The molecule has 0 aliphatic carbocycles. The molecule has 37 heavy (non-hydrogen) atoms. The quantitative estimate of drug-likeness (QED) is 0.366. The molecule has 0 unspecified atom stereocenters. The molecule has 194 valence electrons. The van der Waals surface area contributed by atoms with Crippen LogP contribution in [0.1, 0.15) is 29.5 Å². The summed E-state index contributed by atoms with van der Waals surface area (Å²) in [6.07, 6.45) is -0.0154. The summed E-state index contributed by atoms with van der Waals surface area (Å²) >= 11 is 0. The van der Waals surface area contributed by atoms with Crippen LogP contribution in [-0.4, -0.2) is 33.6 Å². The minimum atomic E-state index is -2.53. The van der Waals surface area contributed by atoms with E-state index >= 15 is 0 Å². The van der Waals surface area contributed by atoms with E-state index in [0.29, 0.717) is 5.56 Å². The minimum absolute atomic E-state index is 0.00581. The number of aromatic nitrogens is 3. The van der Waals surface area contributed by atoms with E-state index in [1.54, 1.807) is 11.8 Å². The van der Waals surface area contributed by atoms with Gasteiger partial charge in [0.15, 0.2) is 17.5 Å². The number of nitriles is 1. The number of piperidine rings is 1. The van der Waals surface area contributed by atoms with Gasteiger partial charge in [-0.25, -0.2) is 31.3 Å². The van der Waals surface area contributed by atoms with Crippen molar-refractivity contribution < 1.29 is 22.0 Å². The topological polar surface area (TPSA) is 83.9 Å². The smallest absolute Gasteiger partial charge is 0.338 e. The Hall–Kier alpha value is -4.01. The van der Waals surface area contributed by atoms with Crippen LogP contribution in [0.5, 0.6) is 0 Å². The summed E-state index contributed by atoms with van der Waals surface area (Å²) in [7, 11) is 0. The molecule has 0 saturated carbocycles. The average molecular weight is 519 g/mol. The van der Waals surface area contributed by atoms with E-state index < -0.39 is 54.0 Å². The highest BCUT2D eigenvalue weighted by Gasteiger charge is 2.31. The summed E-state index contributed by atoms with van der Waals surface area (Å²) in [6, 6.07) is 4.88. The fourth-order valence-corrected chi connectivity index (χ4v) is 4.59. The lowest BCUT2D eigenvalue weighted by Gasteiger charge is -2.35. The van der Waals surface area contributed by atoms with E-state index in [9.17, 15) is 36.8 Å². The number of hydrogen-bond acceptors (Lipinski definition) is 5. The lowest BCUT2D eigenvalue weighted by molar-refractivity contribution is 0.0634. The van der Waals surface area contributed by atoms with Crippen LogP contribution in [0.2, 0.25) is 0 Å². The predicted octanol–water partition coefficient (Wildman–Crippen LogP) is 3.72. The predicted molar refractivity (Wildman–Crippen MR) is 125 cm³/mol. The fraction of sp³-hybridized carbons (Fsp3) is 0.360. The zero-order valence-electron chi connectivity index (χ0n) is 19.7. The lowest BCUT2D eigenvalue weighted by atomic mass is 9.96. The van der Waals surface area contributed by atoms with E-state index in [2.05, 4.69) is 4.98 Å². The Bertz CT molecular complexity index is 1460. The van der Waals surface area contributed by atoms with Gasteiger partial charge in [0.05, 0.1) is 23.5 Å². The number of anilines is 1. The second kappa shape index (κ2) is 10.5. The summed E-state index contributed by atoms with van der Waals surface area (Å²) in [5.74, 6) is -5.44. The van der Waals surface area contributed by atoms with E-state index in [1.807, 2.05) is 6.07 Å². The molecule has 3 heterocycles. The molecule has 0 atom stereocenters. The minimum Gasteiger partial charge on any atom is -0.357 e. The van der Waals surface area contributed by atoms with Gasteiger partial charge < -0.3 is 4.90 Å². The zero-order valence-corrected chi connectivity index (χ0v) is 19.7. The molecular weight excluding hydrogens is 497 g/mol. The molecule has 1 saturated heterocycles. The highest BCUT2D eigenvalue weighted by Crippen LogP contribution is 2.29. The number of aryl methyl sites for hydroxylation is 1. The van der Waals surface area contributed by atoms with Gasteiger partial charge in [-0.1, -0.05) is 0 Å². The van der Waals surface area contributed by atoms with Crippen molar-refractivity contribution >= 4 is 5.82 Å². The maximum atomic E-state index is 14.0. The average Bonchev–Trinajstić information content (AvgIpc) is 2.86. The number of halogens is 5. The number of alkyl halides is 2. The SMILES string of the molecule is Cc1cncc(-n2c(=O)c(Cc3cc(F)c(F)c(F)c3)c(N3CCC(C(F)F)CC3)n(CC#N)c2=O)c1. The number of nitrogens with zero attached hydrogens (tertiary/aromatic N) is 5. The molecule has 0 bridgehead atoms. The number of pyridine rings is 1. The monoisotopic (exact) mass is 519 g/mol. The van der Waals surface area contributed by atoms with Gasteiger partial charge in [0.1, 0.15) is 12.4 Å². The van der Waals surface area contributed by atoms with Gasteiger partial charge in [-0.3, -0.25) is 14.3 Å². The third-order valence-corrected chi connectivity index (χ3v) is 6.38. The first-order valence-electron chi connectivity index (χ1n) is 11.5. The maximum Gasteiger partial charge on any atom is 0.338 e. The Balaban J connectivity index is 1.97. The molecule has 0 radical (unpaired) electrons. The largest absolute Gasteiger partial charge is 0.357 e. The molecule has 12 heteroatoms. The van der Waals surface area contributed by atoms with Crippen molar-refractivity contribution in [3.05, 3.63) is 85.6 Å². The molecule has 1 aromatic carbocycles. The summed E-state index contributed by atoms with van der Waals surface area (Å²) in [4.78, 5) is 32.8. The van der Waals surface area contributed by atoms with Gasteiger partial charge >= 0.3 is 5.69 Å². The summed E-state index contributed by atoms with van der Waals surface area (Å²) in [5, 5.41) is 9.47. The summed E-state index contributed by atoms with van der Waals surface area (Å²) in [6.45, 7) is 1.34. The Kier molecular flexibility index (Phi) is 7.42. The lowest BCUT2D eigenvalue weighted by Crippen LogP contribution is -2.46. The summed E-state index contributed by atoms with van der Waals surface area (Å²) < 4.78 is 69.9. The van der Waals surface area contributed by atoms with Gasteiger partial charge in [0, 0.05) is 31.6 Å². The van der Waals surface area contributed by atoms with Crippen molar-refractivity contribution in [1.82, 2.24) is 14.1 Å². The third kappa shape index (κ3) is 5.12. The fourth-order valence-electron chi connectivity index (χ4n) is 4.59. The number of hydrogen-bond donors (Lipinski definition) is 0. The second-order valence-electron chi connectivity index (χ2n) is 8.90. The van der Waals surface area contributed by atoms with Crippen molar-refractivity contribution in [2.24, 2.45) is 5.92 Å². The van der Waals surface area contributed by atoms with Crippen LogP contribution >= 0.6 is 0 Å². The molecule has 4 rings (SSSR count). The van der Waals surface area contributed by atoms with Gasteiger partial charge in [0.2, 0.25) is 6.43 Å². The normalized spacial score (nSPS) is 14.3. The van der Waals surface area contributed by atoms with Crippen molar-refractivity contribution in [2.75, 3.05) is 18.0 Å². The van der Waals surface area contributed by atoms with Crippen molar-refractivity contribution in [3.63, 3.8) is 0 Å². The summed E-state index contributed by atoms with van der Waals surface area (Å²) in [5.41, 5.74) is -1.13. The molecule has 1 aliphatic rings. The maximum absolute atomic E-state index is 14.0. The Labute approximate surface area is 208 Å². The molecule has 1 aliphatic heterocycles. The second-order valence-corrected chi connectivity index (χ2v) is 8.90. The van der Waals surface area contributed by atoms with Crippen molar-refractivity contribution in [2.45, 2.75) is 39.2 Å². The first kappa shape index (κ1) is 26.1. The van der Waals surface area contributed by atoms with Crippen LogP contribution in [0.25, 0.3) is 5.69 Å². The van der Waals surface area contributed by atoms with Gasteiger partial charge in [-0.05, 0) is 49.1 Å². The van der Waals surface area contributed by atoms with Crippen LogP contribution < -0.4 is 16.1 Å². The van der Waals surface area contributed by atoms with E-state index in [4.69, 9.17) is 0 Å². The van der Waals surface area contributed by atoms with Crippen LogP contribution in [0, 0.1) is 41.6 Å².